The van der Waals surface area contributed by atoms with Crippen LogP contribution in [0, 0.1) is 6.92 Å². The monoisotopic (exact) mass is 378 g/mol. The van der Waals surface area contributed by atoms with E-state index in [4.69, 9.17) is 16.0 Å². The van der Waals surface area contributed by atoms with E-state index in [1.807, 2.05) is 7.05 Å². The molecule has 1 aliphatic heterocycles. The van der Waals surface area contributed by atoms with Crippen LogP contribution in [0.15, 0.2) is 27.7 Å². The van der Waals surface area contributed by atoms with Crippen molar-refractivity contribution < 1.29 is 12.8 Å². The molecular weight excluding hydrogens is 359 g/mol. The third-order valence-corrected chi connectivity index (χ3v) is 6.33. The van der Waals surface area contributed by atoms with Gasteiger partial charge >= 0.3 is 0 Å². The molecule has 0 radical (unpaired) electrons. The second-order valence-electron chi connectivity index (χ2n) is 5.65. The molecule has 2 heterocycles. The van der Waals surface area contributed by atoms with Crippen molar-refractivity contribution in [1.82, 2.24) is 9.62 Å². The maximum absolute atomic E-state index is 12.9. The second kappa shape index (κ2) is 6.99. The maximum Gasteiger partial charge on any atom is 0.276 e. The van der Waals surface area contributed by atoms with Crippen molar-refractivity contribution in [1.29, 1.82) is 0 Å². The molecule has 5 nitrogen and oxygen atoms in total. The quantitative estimate of drug-likeness (QED) is 0.890. The van der Waals surface area contributed by atoms with E-state index in [-0.39, 0.29) is 23.5 Å². The molecule has 1 fully saturated rings. The molecule has 1 aromatic heterocycles. The number of benzene rings is 1. The largest absolute Gasteiger partial charge is 0.443 e. The van der Waals surface area contributed by atoms with E-state index in [1.54, 1.807) is 25.1 Å². The number of piperidine rings is 1. The van der Waals surface area contributed by atoms with Gasteiger partial charge in [0.15, 0.2) is 0 Å². The molecule has 0 spiro atoms. The minimum absolute atomic E-state index is 0. The molecular formula is C15H20Cl2N2O3S. The SMILES string of the molecule is CNC1CCCN(S(=O)(=O)c2oc3ccc(Cl)cc3c2C)C1.Cl. The zero-order valence-electron chi connectivity index (χ0n) is 13.0. The van der Waals surface area contributed by atoms with Gasteiger partial charge in [0.1, 0.15) is 5.58 Å². The Kier molecular flexibility index (Phi) is 5.63. The van der Waals surface area contributed by atoms with Crippen LogP contribution in [0.1, 0.15) is 18.4 Å². The molecule has 1 atom stereocenters. The summed E-state index contributed by atoms with van der Waals surface area (Å²) in [6.45, 7) is 2.75. The number of nitrogens with one attached hydrogen (secondary N) is 1. The first kappa shape index (κ1) is 18.5. The fraction of sp³-hybridized carbons (Fsp3) is 0.467. The van der Waals surface area contributed by atoms with Crippen LogP contribution < -0.4 is 5.32 Å². The summed E-state index contributed by atoms with van der Waals surface area (Å²) in [5, 5.41) is 4.49. The summed E-state index contributed by atoms with van der Waals surface area (Å²) in [5.74, 6) is 0. The molecule has 1 saturated heterocycles. The molecule has 1 aliphatic rings. The van der Waals surface area contributed by atoms with Gasteiger partial charge in [-0.2, -0.15) is 4.31 Å². The number of nitrogens with zero attached hydrogens (tertiary/aromatic N) is 1. The summed E-state index contributed by atoms with van der Waals surface area (Å²) < 4.78 is 32.9. The van der Waals surface area contributed by atoms with Crippen LogP contribution in [-0.2, 0) is 10.0 Å². The summed E-state index contributed by atoms with van der Waals surface area (Å²) in [6.07, 6.45) is 1.83. The van der Waals surface area contributed by atoms with Gasteiger partial charge < -0.3 is 9.73 Å². The van der Waals surface area contributed by atoms with Gasteiger partial charge in [-0.25, -0.2) is 8.42 Å². The van der Waals surface area contributed by atoms with Crippen LogP contribution in [0.3, 0.4) is 0 Å². The van der Waals surface area contributed by atoms with Gasteiger partial charge in [-0.15, -0.1) is 12.4 Å². The van der Waals surface area contributed by atoms with Crippen molar-refractivity contribution in [3.05, 3.63) is 28.8 Å². The third-order valence-electron chi connectivity index (χ3n) is 4.22. The Bertz CT molecular complexity index is 804. The number of halogens is 2. The minimum atomic E-state index is -3.63. The van der Waals surface area contributed by atoms with Crippen LogP contribution in [-0.4, -0.2) is 38.9 Å². The number of aryl methyl sites for hydroxylation is 1. The Morgan fingerprint density at radius 2 is 2.13 bits per heavy atom. The Morgan fingerprint density at radius 1 is 1.39 bits per heavy atom. The van der Waals surface area contributed by atoms with Crippen molar-refractivity contribution in [2.75, 3.05) is 20.1 Å². The number of hydrogen-bond donors (Lipinski definition) is 1. The Morgan fingerprint density at radius 3 is 2.83 bits per heavy atom. The number of fused-ring (bicyclic) bond motifs is 1. The van der Waals surface area contributed by atoms with E-state index in [1.165, 1.54) is 4.31 Å². The highest BCUT2D eigenvalue weighted by Gasteiger charge is 2.34. The standard InChI is InChI=1S/C15H19ClN2O3S.ClH/c1-10-13-8-11(16)5-6-14(13)21-15(10)22(19,20)18-7-3-4-12(9-18)17-2;/h5-6,8,12,17H,3-4,7,9H2,1-2H3;1H. The Labute approximate surface area is 147 Å². The molecule has 1 aromatic carbocycles. The van der Waals surface area contributed by atoms with Gasteiger partial charge in [-0.3, -0.25) is 0 Å². The first-order valence-corrected chi connectivity index (χ1v) is 9.11. The summed E-state index contributed by atoms with van der Waals surface area (Å²) in [5.41, 5.74) is 1.16. The average molecular weight is 379 g/mol. The smallest absolute Gasteiger partial charge is 0.276 e. The molecule has 1 N–H and O–H groups in total. The molecule has 8 heteroatoms. The van der Waals surface area contributed by atoms with Gasteiger partial charge in [-0.05, 0) is 45.0 Å². The van der Waals surface area contributed by atoms with E-state index >= 15 is 0 Å². The maximum atomic E-state index is 12.9. The van der Waals surface area contributed by atoms with Crippen LogP contribution in [0.4, 0.5) is 0 Å². The van der Waals surface area contributed by atoms with Crippen molar-refractivity contribution in [3.8, 4) is 0 Å². The lowest BCUT2D eigenvalue weighted by atomic mass is 10.1. The van der Waals surface area contributed by atoms with E-state index in [0.29, 0.717) is 29.3 Å². The molecule has 23 heavy (non-hydrogen) atoms. The van der Waals surface area contributed by atoms with Gasteiger partial charge in [0, 0.05) is 35.1 Å². The lowest BCUT2D eigenvalue weighted by Crippen LogP contribution is -2.46. The normalized spacial score (nSPS) is 19.7. The first-order chi connectivity index (χ1) is 10.4. The minimum Gasteiger partial charge on any atom is -0.443 e. The fourth-order valence-electron chi connectivity index (χ4n) is 2.93. The predicted octanol–water partition coefficient (Wildman–Crippen LogP) is 3.19. The zero-order chi connectivity index (χ0) is 15.9. The molecule has 2 aromatic rings. The highest BCUT2D eigenvalue weighted by molar-refractivity contribution is 7.89. The van der Waals surface area contributed by atoms with Crippen LogP contribution in [0.25, 0.3) is 11.0 Å². The van der Waals surface area contributed by atoms with E-state index in [9.17, 15) is 8.42 Å². The van der Waals surface area contributed by atoms with Gasteiger partial charge in [0.2, 0.25) is 5.09 Å². The number of rotatable bonds is 3. The van der Waals surface area contributed by atoms with Crippen molar-refractivity contribution >= 4 is 45.0 Å². The summed E-state index contributed by atoms with van der Waals surface area (Å²) in [7, 11) is -1.77. The molecule has 1 unspecified atom stereocenters. The molecule has 3 rings (SSSR count). The van der Waals surface area contributed by atoms with Gasteiger partial charge in [0.05, 0.1) is 0 Å². The number of furan rings is 1. The van der Waals surface area contributed by atoms with E-state index in [0.717, 1.165) is 18.2 Å². The van der Waals surface area contributed by atoms with Crippen molar-refractivity contribution in [2.24, 2.45) is 0 Å². The van der Waals surface area contributed by atoms with Gasteiger partial charge in [-0.1, -0.05) is 11.6 Å². The van der Waals surface area contributed by atoms with E-state index in [2.05, 4.69) is 5.32 Å². The highest BCUT2D eigenvalue weighted by Crippen LogP contribution is 2.33. The molecule has 0 bridgehead atoms. The van der Waals surface area contributed by atoms with Crippen LogP contribution >= 0.6 is 24.0 Å². The Hall–Kier alpha value is -0.790. The highest BCUT2D eigenvalue weighted by atomic mass is 35.5. The van der Waals surface area contributed by atoms with Crippen LogP contribution in [0.5, 0.6) is 0 Å². The topological polar surface area (TPSA) is 62.6 Å². The summed E-state index contributed by atoms with van der Waals surface area (Å²) >= 11 is 5.99. The summed E-state index contributed by atoms with van der Waals surface area (Å²) in [4.78, 5) is 0. The Balaban J connectivity index is 0.00000192. The number of hydrogen-bond acceptors (Lipinski definition) is 4. The molecule has 0 amide bonds. The van der Waals surface area contributed by atoms with Crippen molar-refractivity contribution in [3.63, 3.8) is 0 Å². The van der Waals surface area contributed by atoms with Crippen LogP contribution in [0.2, 0.25) is 5.02 Å². The molecule has 0 saturated carbocycles. The number of sulfonamides is 1. The lowest BCUT2D eigenvalue weighted by Gasteiger charge is -2.31. The third kappa shape index (κ3) is 3.37. The predicted molar refractivity (Wildman–Crippen MR) is 94.0 cm³/mol. The number of likely N-dealkylation sites (N-methyl/N-ethyl adjacent to an activating group) is 1. The molecule has 128 valence electrons. The van der Waals surface area contributed by atoms with Crippen molar-refractivity contribution in [2.45, 2.75) is 30.9 Å². The second-order valence-corrected chi connectivity index (χ2v) is 7.92. The lowest BCUT2D eigenvalue weighted by molar-refractivity contribution is 0.286. The fourth-order valence-corrected chi connectivity index (χ4v) is 4.77. The van der Waals surface area contributed by atoms with E-state index < -0.39 is 10.0 Å². The summed E-state index contributed by atoms with van der Waals surface area (Å²) in [6, 6.07) is 5.32. The zero-order valence-corrected chi connectivity index (χ0v) is 15.4. The average Bonchev–Trinajstić information content (AvgIpc) is 2.85. The molecule has 0 aliphatic carbocycles. The first-order valence-electron chi connectivity index (χ1n) is 7.29. The van der Waals surface area contributed by atoms with Gasteiger partial charge in [0.25, 0.3) is 10.0 Å².